The maximum atomic E-state index is 4.39. The molecule has 0 aliphatic heterocycles. The fourth-order valence-corrected chi connectivity index (χ4v) is 2.39. The smallest absolute Gasteiger partial charge is 0.223 e. The van der Waals surface area contributed by atoms with E-state index in [-0.39, 0.29) is 0 Å². The monoisotopic (exact) mass is 248 g/mol. The highest BCUT2D eigenvalue weighted by atomic mass is 32.1. The van der Waals surface area contributed by atoms with E-state index in [0.29, 0.717) is 5.95 Å². The lowest BCUT2D eigenvalue weighted by Crippen LogP contribution is -2.04. The molecule has 0 aromatic carbocycles. The van der Waals surface area contributed by atoms with Gasteiger partial charge in [-0.25, -0.2) is 15.0 Å². The number of nitrogens with one attached hydrogen (secondary N) is 1. The summed E-state index contributed by atoms with van der Waals surface area (Å²) in [6.45, 7) is 8.79. The standard InChI is InChI=1S/C12H16N4S/c1-7-5-13-12(16-8(7)2)14-6-11-9(3)15-10(4)17-11/h5H,6H2,1-4H3,(H,13,14,16). The Kier molecular flexibility index (Phi) is 3.38. The minimum Gasteiger partial charge on any atom is -0.349 e. The fourth-order valence-electron chi connectivity index (χ4n) is 1.51. The molecule has 0 aliphatic carbocycles. The second-order valence-corrected chi connectivity index (χ2v) is 5.34. The second kappa shape index (κ2) is 4.79. The van der Waals surface area contributed by atoms with Gasteiger partial charge in [0.15, 0.2) is 0 Å². The van der Waals surface area contributed by atoms with Gasteiger partial charge in [0.2, 0.25) is 5.95 Å². The van der Waals surface area contributed by atoms with Crippen molar-refractivity contribution in [3.63, 3.8) is 0 Å². The molecule has 4 nitrogen and oxygen atoms in total. The zero-order valence-corrected chi connectivity index (χ0v) is 11.4. The van der Waals surface area contributed by atoms with Crippen LogP contribution in [-0.2, 0) is 6.54 Å². The number of nitrogens with zero attached hydrogens (tertiary/aromatic N) is 3. The first-order chi connectivity index (χ1) is 8.06. The molecule has 0 unspecified atom stereocenters. The van der Waals surface area contributed by atoms with Crippen molar-refractivity contribution < 1.29 is 0 Å². The van der Waals surface area contributed by atoms with Gasteiger partial charge < -0.3 is 5.32 Å². The summed E-state index contributed by atoms with van der Waals surface area (Å²) in [5, 5.41) is 4.33. The van der Waals surface area contributed by atoms with Crippen molar-refractivity contribution in [2.75, 3.05) is 5.32 Å². The van der Waals surface area contributed by atoms with Gasteiger partial charge in [-0.3, -0.25) is 0 Å². The minimum atomic E-state index is 0.679. The van der Waals surface area contributed by atoms with Crippen molar-refractivity contribution in [3.8, 4) is 0 Å². The number of hydrogen-bond donors (Lipinski definition) is 1. The second-order valence-electron chi connectivity index (χ2n) is 4.06. The molecule has 0 saturated carbocycles. The molecule has 2 heterocycles. The first-order valence-corrected chi connectivity index (χ1v) is 6.35. The molecule has 2 rings (SSSR count). The van der Waals surface area contributed by atoms with Gasteiger partial charge in [0.05, 0.1) is 17.2 Å². The van der Waals surface area contributed by atoms with Crippen LogP contribution in [-0.4, -0.2) is 15.0 Å². The predicted molar refractivity (Wildman–Crippen MR) is 70.4 cm³/mol. The minimum absolute atomic E-state index is 0.679. The van der Waals surface area contributed by atoms with Gasteiger partial charge in [-0.15, -0.1) is 11.3 Å². The number of thiazole rings is 1. The van der Waals surface area contributed by atoms with Gasteiger partial charge in [-0.1, -0.05) is 0 Å². The van der Waals surface area contributed by atoms with E-state index in [9.17, 15) is 0 Å². The number of hydrogen-bond acceptors (Lipinski definition) is 5. The number of aryl methyl sites for hydroxylation is 4. The van der Waals surface area contributed by atoms with Crippen LogP contribution in [0.4, 0.5) is 5.95 Å². The highest BCUT2D eigenvalue weighted by Gasteiger charge is 2.05. The van der Waals surface area contributed by atoms with Crippen LogP contribution in [0.15, 0.2) is 6.20 Å². The normalized spacial score (nSPS) is 10.6. The van der Waals surface area contributed by atoms with E-state index in [1.165, 1.54) is 4.88 Å². The molecule has 90 valence electrons. The third-order valence-electron chi connectivity index (χ3n) is 2.63. The van der Waals surface area contributed by atoms with Crippen molar-refractivity contribution in [1.82, 2.24) is 15.0 Å². The van der Waals surface area contributed by atoms with Gasteiger partial charge in [0.1, 0.15) is 0 Å². The van der Waals surface area contributed by atoms with Gasteiger partial charge in [-0.05, 0) is 33.3 Å². The molecule has 0 bridgehead atoms. The molecule has 0 saturated heterocycles. The van der Waals surface area contributed by atoms with Gasteiger partial charge in [0.25, 0.3) is 0 Å². The van der Waals surface area contributed by atoms with E-state index >= 15 is 0 Å². The molecule has 2 aromatic heterocycles. The Balaban J connectivity index is 2.07. The third-order valence-corrected chi connectivity index (χ3v) is 3.70. The van der Waals surface area contributed by atoms with E-state index in [1.54, 1.807) is 11.3 Å². The summed E-state index contributed by atoms with van der Waals surface area (Å²) in [7, 11) is 0. The van der Waals surface area contributed by atoms with Crippen molar-refractivity contribution in [1.29, 1.82) is 0 Å². The molecule has 17 heavy (non-hydrogen) atoms. The Morgan fingerprint density at radius 1 is 1.12 bits per heavy atom. The van der Waals surface area contributed by atoms with Crippen molar-refractivity contribution in [3.05, 3.63) is 33.0 Å². The van der Waals surface area contributed by atoms with Crippen LogP contribution in [0, 0.1) is 27.7 Å². The highest BCUT2D eigenvalue weighted by Crippen LogP contribution is 2.18. The van der Waals surface area contributed by atoms with E-state index in [2.05, 4.69) is 20.3 Å². The molecule has 0 radical (unpaired) electrons. The summed E-state index contributed by atoms with van der Waals surface area (Å²) in [5.41, 5.74) is 3.21. The largest absolute Gasteiger partial charge is 0.349 e. The first-order valence-electron chi connectivity index (χ1n) is 5.53. The molecule has 0 atom stereocenters. The molecule has 0 aliphatic rings. The van der Waals surface area contributed by atoms with Crippen LogP contribution in [0.25, 0.3) is 0 Å². The van der Waals surface area contributed by atoms with Crippen LogP contribution in [0.1, 0.15) is 26.8 Å². The summed E-state index contributed by atoms with van der Waals surface area (Å²) in [5.74, 6) is 0.679. The topological polar surface area (TPSA) is 50.7 Å². The number of anilines is 1. The zero-order chi connectivity index (χ0) is 12.4. The van der Waals surface area contributed by atoms with Crippen LogP contribution in [0.3, 0.4) is 0 Å². The molecule has 2 aromatic rings. The SMILES string of the molecule is Cc1nc(C)c(CNc2ncc(C)c(C)n2)s1. The molecule has 1 N–H and O–H groups in total. The Morgan fingerprint density at radius 2 is 1.88 bits per heavy atom. The summed E-state index contributed by atoms with van der Waals surface area (Å²) in [6, 6.07) is 0. The Bertz CT molecular complexity index is 533. The van der Waals surface area contributed by atoms with Crippen LogP contribution in [0.2, 0.25) is 0 Å². The summed E-state index contributed by atoms with van der Waals surface area (Å²) in [4.78, 5) is 14.3. The zero-order valence-electron chi connectivity index (χ0n) is 10.5. The summed E-state index contributed by atoms with van der Waals surface area (Å²) in [6.07, 6.45) is 1.84. The Labute approximate surface area is 105 Å². The molecule has 5 heteroatoms. The molecule has 0 fully saturated rings. The average molecular weight is 248 g/mol. The quantitative estimate of drug-likeness (QED) is 0.907. The van der Waals surface area contributed by atoms with Gasteiger partial charge in [0, 0.05) is 16.8 Å². The number of aromatic nitrogens is 3. The molecule has 0 spiro atoms. The van der Waals surface area contributed by atoms with Crippen molar-refractivity contribution >= 4 is 17.3 Å². The van der Waals surface area contributed by atoms with E-state index in [1.807, 2.05) is 33.9 Å². The molecule has 0 amide bonds. The maximum absolute atomic E-state index is 4.39. The molecular formula is C12H16N4S. The van der Waals surface area contributed by atoms with Crippen LogP contribution < -0.4 is 5.32 Å². The lowest BCUT2D eigenvalue weighted by molar-refractivity contribution is 1.01. The maximum Gasteiger partial charge on any atom is 0.223 e. The average Bonchev–Trinajstić information content (AvgIpc) is 2.59. The fraction of sp³-hybridized carbons (Fsp3) is 0.417. The van der Waals surface area contributed by atoms with Crippen LogP contribution in [0.5, 0.6) is 0 Å². The van der Waals surface area contributed by atoms with E-state index in [0.717, 1.165) is 28.5 Å². The summed E-state index contributed by atoms with van der Waals surface area (Å²) >= 11 is 1.71. The van der Waals surface area contributed by atoms with Gasteiger partial charge in [-0.2, -0.15) is 0 Å². The van der Waals surface area contributed by atoms with E-state index in [4.69, 9.17) is 0 Å². The third kappa shape index (κ3) is 2.79. The first kappa shape index (κ1) is 12.0. The van der Waals surface area contributed by atoms with E-state index < -0.39 is 0 Å². The Morgan fingerprint density at radius 3 is 2.47 bits per heavy atom. The number of rotatable bonds is 3. The van der Waals surface area contributed by atoms with Crippen LogP contribution >= 0.6 is 11.3 Å². The lowest BCUT2D eigenvalue weighted by atomic mass is 10.3. The summed E-state index contributed by atoms with van der Waals surface area (Å²) < 4.78 is 0. The lowest BCUT2D eigenvalue weighted by Gasteiger charge is -2.05. The highest BCUT2D eigenvalue weighted by molar-refractivity contribution is 7.11. The predicted octanol–water partition coefficient (Wildman–Crippen LogP) is 2.78. The van der Waals surface area contributed by atoms with Gasteiger partial charge >= 0.3 is 0 Å². The molecular weight excluding hydrogens is 232 g/mol. The van der Waals surface area contributed by atoms with Crippen molar-refractivity contribution in [2.45, 2.75) is 34.2 Å². The Hall–Kier alpha value is -1.49. The van der Waals surface area contributed by atoms with Crippen molar-refractivity contribution in [2.24, 2.45) is 0 Å².